The van der Waals surface area contributed by atoms with Crippen molar-refractivity contribution in [2.75, 3.05) is 13.6 Å². The molecule has 1 aromatic rings. The highest BCUT2D eigenvalue weighted by molar-refractivity contribution is 14.0. The minimum absolute atomic E-state index is 0. The van der Waals surface area contributed by atoms with E-state index in [-0.39, 0.29) is 24.0 Å². The van der Waals surface area contributed by atoms with Gasteiger partial charge in [0.2, 0.25) is 0 Å². The summed E-state index contributed by atoms with van der Waals surface area (Å²) in [6.07, 6.45) is 12.2. The van der Waals surface area contributed by atoms with Crippen LogP contribution in [0.15, 0.2) is 23.7 Å². The molecule has 0 aromatic carbocycles. The molecule has 1 aromatic heterocycles. The molecule has 1 heterocycles. The second-order valence-corrected chi connectivity index (χ2v) is 4.78. The number of hydrogen-bond acceptors (Lipinski definition) is 2. The van der Waals surface area contributed by atoms with Crippen molar-refractivity contribution < 1.29 is 0 Å². The summed E-state index contributed by atoms with van der Waals surface area (Å²) in [4.78, 5) is 8.29. The molecule has 2 N–H and O–H groups in total. The van der Waals surface area contributed by atoms with Crippen LogP contribution in [0.1, 0.15) is 32.1 Å². The molecule has 0 amide bonds. The number of halogens is 1. The van der Waals surface area contributed by atoms with E-state index in [1.165, 1.54) is 32.1 Å². The third-order valence-electron chi connectivity index (χ3n) is 3.39. The van der Waals surface area contributed by atoms with E-state index in [1.54, 1.807) is 6.20 Å². The van der Waals surface area contributed by atoms with Crippen molar-refractivity contribution in [2.45, 2.75) is 44.7 Å². The fraction of sp³-hybridized carbons (Fsp3) is 0.692. The number of hydrogen-bond donors (Lipinski definition) is 2. The SMILES string of the molecule is CN=C(NCCn1ccnc1)NC1CCCCC1.I. The largest absolute Gasteiger partial charge is 0.355 e. The van der Waals surface area contributed by atoms with Crippen molar-refractivity contribution in [3.05, 3.63) is 18.7 Å². The minimum Gasteiger partial charge on any atom is -0.355 e. The van der Waals surface area contributed by atoms with Gasteiger partial charge in [0.25, 0.3) is 0 Å². The summed E-state index contributed by atoms with van der Waals surface area (Å²) in [5.74, 6) is 0.919. The first-order chi connectivity index (χ1) is 8.88. The van der Waals surface area contributed by atoms with E-state index in [2.05, 4.69) is 25.2 Å². The third-order valence-corrected chi connectivity index (χ3v) is 3.39. The van der Waals surface area contributed by atoms with Gasteiger partial charge in [-0.1, -0.05) is 19.3 Å². The molecule has 1 saturated carbocycles. The minimum atomic E-state index is 0. The lowest BCUT2D eigenvalue weighted by molar-refractivity contribution is 0.409. The van der Waals surface area contributed by atoms with E-state index >= 15 is 0 Å². The Morgan fingerprint density at radius 1 is 1.37 bits per heavy atom. The molecule has 2 rings (SSSR count). The van der Waals surface area contributed by atoms with Gasteiger partial charge in [0.1, 0.15) is 0 Å². The van der Waals surface area contributed by atoms with E-state index in [4.69, 9.17) is 0 Å². The lowest BCUT2D eigenvalue weighted by Crippen LogP contribution is -2.44. The molecule has 0 aliphatic heterocycles. The molecule has 0 spiro atoms. The highest BCUT2D eigenvalue weighted by Gasteiger charge is 2.13. The van der Waals surface area contributed by atoms with Crippen molar-refractivity contribution in [3.63, 3.8) is 0 Å². The average Bonchev–Trinajstić information content (AvgIpc) is 2.92. The Bertz CT molecular complexity index is 357. The Kier molecular flexibility index (Phi) is 7.85. The van der Waals surface area contributed by atoms with Crippen LogP contribution < -0.4 is 10.6 Å². The Morgan fingerprint density at radius 2 is 2.16 bits per heavy atom. The summed E-state index contributed by atoms with van der Waals surface area (Å²) in [6, 6.07) is 0.596. The van der Waals surface area contributed by atoms with Gasteiger partial charge in [-0.3, -0.25) is 4.99 Å². The average molecular weight is 377 g/mol. The molecular formula is C13H24IN5. The Hall–Kier alpha value is -0.790. The van der Waals surface area contributed by atoms with Gasteiger partial charge in [-0.2, -0.15) is 0 Å². The smallest absolute Gasteiger partial charge is 0.191 e. The third kappa shape index (κ3) is 5.80. The molecule has 1 aliphatic carbocycles. The molecule has 0 radical (unpaired) electrons. The van der Waals surface area contributed by atoms with Crippen LogP contribution in [-0.2, 0) is 6.54 Å². The molecular weight excluding hydrogens is 353 g/mol. The van der Waals surface area contributed by atoms with E-state index in [0.29, 0.717) is 6.04 Å². The maximum absolute atomic E-state index is 4.27. The van der Waals surface area contributed by atoms with Gasteiger partial charge in [0, 0.05) is 38.6 Å². The molecule has 0 atom stereocenters. The molecule has 5 nitrogen and oxygen atoms in total. The normalized spacial score (nSPS) is 16.8. The fourth-order valence-electron chi connectivity index (χ4n) is 2.36. The van der Waals surface area contributed by atoms with Crippen molar-refractivity contribution in [2.24, 2.45) is 4.99 Å². The predicted molar refractivity (Wildman–Crippen MR) is 89.0 cm³/mol. The lowest BCUT2D eigenvalue weighted by atomic mass is 9.96. The standard InChI is InChI=1S/C13H23N5.HI/c1-14-13(17-12-5-3-2-4-6-12)16-8-10-18-9-7-15-11-18;/h7,9,11-12H,2-6,8,10H2,1H3,(H2,14,16,17);1H. The Morgan fingerprint density at radius 3 is 2.79 bits per heavy atom. The molecule has 19 heavy (non-hydrogen) atoms. The van der Waals surface area contributed by atoms with Crippen molar-refractivity contribution in [1.29, 1.82) is 0 Å². The van der Waals surface area contributed by atoms with Gasteiger partial charge in [0.15, 0.2) is 5.96 Å². The van der Waals surface area contributed by atoms with Gasteiger partial charge in [-0.05, 0) is 12.8 Å². The van der Waals surface area contributed by atoms with Crippen LogP contribution in [0.5, 0.6) is 0 Å². The zero-order chi connectivity index (χ0) is 12.6. The molecule has 0 unspecified atom stereocenters. The van der Waals surface area contributed by atoms with Crippen LogP contribution in [0.2, 0.25) is 0 Å². The van der Waals surface area contributed by atoms with Crippen LogP contribution in [0.3, 0.4) is 0 Å². The van der Waals surface area contributed by atoms with Crippen molar-refractivity contribution in [3.8, 4) is 0 Å². The highest BCUT2D eigenvalue weighted by atomic mass is 127. The summed E-state index contributed by atoms with van der Waals surface area (Å²) >= 11 is 0. The summed E-state index contributed by atoms with van der Waals surface area (Å²) in [5, 5.41) is 6.84. The van der Waals surface area contributed by atoms with Crippen LogP contribution in [0.4, 0.5) is 0 Å². The number of aliphatic imine (C=N–C) groups is 1. The van der Waals surface area contributed by atoms with Gasteiger partial charge >= 0.3 is 0 Å². The summed E-state index contributed by atoms with van der Waals surface area (Å²) in [6.45, 7) is 1.77. The van der Waals surface area contributed by atoms with Crippen molar-refractivity contribution in [1.82, 2.24) is 20.2 Å². The summed E-state index contributed by atoms with van der Waals surface area (Å²) < 4.78 is 2.06. The number of imidazole rings is 1. The van der Waals surface area contributed by atoms with Gasteiger partial charge < -0.3 is 15.2 Å². The number of nitrogens with zero attached hydrogens (tertiary/aromatic N) is 3. The lowest BCUT2D eigenvalue weighted by Gasteiger charge is -2.24. The molecule has 0 bridgehead atoms. The van der Waals surface area contributed by atoms with Crippen LogP contribution in [0.25, 0.3) is 0 Å². The van der Waals surface area contributed by atoms with E-state index < -0.39 is 0 Å². The highest BCUT2D eigenvalue weighted by Crippen LogP contribution is 2.17. The number of guanidine groups is 1. The zero-order valence-corrected chi connectivity index (χ0v) is 13.8. The molecule has 6 heteroatoms. The Balaban J connectivity index is 0.00000180. The first-order valence-corrected chi connectivity index (χ1v) is 6.81. The van der Waals surface area contributed by atoms with Crippen LogP contribution in [-0.4, -0.2) is 35.1 Å². The topological polar surface area (TPSA) is 54.2 Å². The molecule has 108 valence electrons. The zero-order valence-electron chi connectivity index (χ0n) is 11.5. The second-order valence-electron chi connectivity index (χ2n) is 4.78. The molecule has 1 aliphatic rings. The Labute approximate surface area is 132 Å². The molecule has 0 saturated heterocycles. The maximum Gasteiger partial charge on any atom is 0.191 e. The predicted octanol–water partition coefficient (Wildman–Crippen LogP) is 2.00. The first kappa shape index (κ1) is 16.3. The number of rotatable bonds is 4. The number of nitrogens with one attached hydrogen (secondary N) is 2. The fourth-order valence-corrected chi connectivity index (χ4v) is 2.36. The van der Waals surface area contributed by atoms with Crippen LogP contribution >= 0.6 is 24.0 Å². The van der Waals surface area contributed by atoms with Crippen LogP contribution in [0, 0.1) is 0 Å². The van der Waals surface area contributed by atoms with Gasteiger partial charge in [-0.15, -0.1) is 24.0 Å². The number of aromatic nitrogens is 2. The molecule has 1 fully saturated rings. The van der Waals surface area contributed by atoms with Gasteiger partial charge in [0.05, 0.1) is 6.33 Å². The second kappa shape index (κ2) is 9.17. The monoisotopic (exact) mass is 377 g/mol. The summed E-state index contributed by atoms with van der Waals surface area (Å²) in [5.41, 5.74) is 0. The van der Waals surface area contributed by atoms with Crippen molar-refractivity contribution >= 4 is 29.9 Å². The summed E-state index contributed by atoms with van der Waals surface area (Å²) in [7, 11) is 1.83. The van der Waals surface area contributed by atoms with Gasteiger partial charge in [-0.25, -0.2) is 4.98 Å². The maximum atomic E-state index is 4.27. The van der Waals surface area contributed by atoms with E-state index in [1.807, 2.05) is 19.6 Å². The first-order valence-electron chi connectivity index (χ1n) is 6.81. The van der Waals surface area contributed by atoms with E-state index in [9.17, 15) is 0 Å². The van der Waals surface area contributed by atoms with E-state index in [0.717, 1.165) is 19.0 Å². The quantitative estimate of drug-likeness (QED) is 0.480.